The topological polar surface area (TPSA) is 102 Å². The second-order valence-corrected chi connectivity index (χ2v) is 11.5. The maximum Gasteiger partial charge on any atom is 1.00 e. The Labute approximate surface area is 242 Å². The molecule has 0 bridgehead atoms. The van der Waals surface area contributed by atoms with E-state index >= 15 is 0 Å². The largest absolute Gasteiger partial charge is 1.00 e. The Hall–Kier alpha value is -1.80. The number of amides is 2. The number of hydrogen-bond donors (Lipinski definition) is 1. The minimum Gasteiger partial charge on any atom is -0.423 e. The van der Waals surface area contributed by atoms with Gasteiger partial charge in [-0.25, -0.2) is 8.42 Å². The van der Waals surface area contributed by atoms with E-state index in [1.807, 2.05) is 0 Å². The number of benzene rings is 1. The normalized spacial score (nSPS) is 18.0. The number of alkyl halides is 3. The van der Waals surface area contributed by atoms with Crippen molar-refractivity contribution in [3.8, 4) is 0 Å². The van der Waals surface area contributed by atoms with Crippen LogP contribution in [0, 0.1) is 0 Å². The number of piperidine rings is 1. The molecule has 2 amide bonds. The van der Waals surface area contributed by atoms with Crippen LogP contribution in [0.4, 0.5) is 29.3 Å². The Balaban J connectivity index is 0.00000336. The van der Waals surface area contributed by atoms with Gasteiger partial charge in [-0.2, -0.15) is 18.3 Å². The molecule has 0 unspecified atom stereocenters. The second kappa shape index (κ2) is 11.4. The maximum atomic E-state index is 13.5. The SMILES string of the molecule is Cn1cc(N(C2CCN(CC(F)(F)F)CC2)S(=O)(=O)[N-]C(=O)Nc2c3c(cc4c2CCC4)CCC3)cn1.[Na+]. The van der Waals surface area contributed by atoms with Crippen molar-refractivity contribution in [1.29, 1.82) is 0 Å². The third-order valence-electron chi connectivity index (χ3n) is 7.39. The number of nitrogens with one attached hydrogen (secondary N) is 1. The molecule has 38 heavy (non-hydrogen) atoms. The number of likely N-dealkylation sites (tertiary alicyclic amines) is 1. The average molecular weight is 563 g/mol. The average Bonchev–Trinajstić information content (AvgIpc) is 3.54. The Bertz CT molecular complexity index is 1260. The van der Waals surface area contributed by atoms with Gasteiger partial charge in [0, 0.05) is 32.4 Å². The van der Waals surface area contributed by atoms with Crippen molar-refractivity contribution in [2.24, 2.45) is 7.05 Å². The predicted octanol–water partition coefficient (Wildman–Crippen LogP) is 1.09. The van der Waals surface area contributed by atoms with Gasteiger partial charge in [-0.3, -0.25) is 18.7 Å². The van der Waals surface area contributed by atoms with E-state index < -0.39 is 35.0 Å². The van der Waals surface area contributed by atoms with Crippen molar-refractivity contribution in [2.45, 2.75) is 63.6 Å². The first kappa shape index (κ1) is 29.2. The van der Waals surface area contributed by atoms with Crippen molar-refractivity contribution in [3.63, 3.8) is 0 Å². The number of anilines is 2. The van der Waals surface area contributed by atoms with Crippen LogP contribution in [-0.2, 0) is 42.9 Å². The fourth-order valence-electron chi connectivity index (χ4n) is 5.87. The predicted molar refractivity (Wildman–Crippen MR) is 133 cm³/mol. The van der Waals surface area contributed by atoms with Crippen molar-refractivity contribution in [1.82, 2.24) is 14.7 Å². The molecule has 1 aromatic carbocycles. The van der Waals surface area contributed by atoms with E-state index in [-0.39, 0.29) is 61.2 Å². The van der Waals surface area contributed by atoms with Crippen molar-refractivity contribution >= 4 is 27.6 Å². The molecule has 0 radical (unpaired) electrons. The third kappa shape index (κ3) is 6.33. The summed E-state index contributed by atoms with van der Waals surface area (Å²) in [5.74, 6) is 0. The van der Waals surface area contributed by atoms with Crippen molar-refractivity contribution in [3.05, 3.63) is 45.4 Å². The molecule has 0 atom stereocenters. The Morgan fingerprint density at radius 1 is 1.13 bits per heavy atom. The molecule has 2 aromatic rings. The molecule has 14 heteroatoms. The number of urea groups is 1. The first-order valence-electron chi connectivity index (χ1n) is 12.5. The molecular weight excluding hydrogens is 532 g/mol. The Kier molecular flexibility index (Phi) is 8.73. The summed E-state index contributed by atoms with van der Waals surface area (Å²) in [7, 11) is -2.88. The van der Waals surface area contributed by atoms with Gasteiger partial charge in [0.2, 0.25) is 0 Å². The monoisotopic (exact) mass is 562 g/mol. The van der Waals surface area contributed by atoms with Gasteiger partial charge in [0.15, 0.2) is 6.03 Å². The number of aryl methyl sites for hydroxylation is 3. The van der Waals surface area contributed by atoms with Gasteiger partial charge >= 0.3 is 35.7 Å². The number of rotatable bonds is 6. The molecule has 1 saturated heterocycles. The van der Waals surface area contributed by atoms with E-state index in [4.69, 9.17) is 0 Å². The van der Waals surface area contributed by atoms with E-state index in [1.165, 1.54) is 33.1 Å². The smallest absolute Gasteiger partial charge is 0.423 e. The van der Waals surface area contributed by atoms with E-state index in [0.29, 0.717) is 5.69 Å². The molecule has 0 saturated carbocycles. The zero-order valence-corrected chi connectivity index (χ0v) is 24.4. The van der Waals surface area contributed by atoms with Crippen molar-refractivity contribution < 1.29 is 55.9 Å². The summed E-state index contributed by atoms with van der Waals surface area (Å²) in [6.07, 6.45) is 4.33. The van der Waals surface area contributed by atoms with Crippen LogP contribution in [-0.4, -0.2) is 61.0 Å². The van der Waals surface area contributed by atoms with E-state index in [2.05, 4.69) is 21.2 Å². The molecule has 2 heterocycles. The van der Waals surface area contributed by atoms with Gasteiger partial charge in [0.25, 0.3) is 10.2 Å². The number of nitrogens with zero attached hydrogens (tertiary/aromatic N) is 5. The standard InChI is InChI=1S/C24H31F3N6O3S.Na/c1-31-14-19(13-28-31)33(18-8-10-32(11-9-18)15-24(25,26)27)37(35,36)30-23(34)29-22-20-6-2-4-16(20)12-17-5-3-7-21(17)22;/h12-14,18H,2-11,15H2,1H3,(H2,29,30,34);/q;+1/p-1. The van der Waals surface area contributed by atoms with Crippen molar-refractivity contribution in [2.75, 3.05) is 29.3 Å². The minimum atomic E-state index is -4.51. The molecule has 9 nitrogen and oxygen atoms in total. The van der Waals surface area contributed by atoms with Crippen LogP contribution in [0.3, 0.4) is 0 Å². The zero-order valence-electron chi connectivity index (χ0n) is 21.6. The summed E-state index contributed by atoms with van der Waals surface area (Å²) in [5.41, 5.74) is 5.42. The van der Waals surface area contributed by atoms with Gasteiger partial charge in [0.1, 0.15) is 0 Å². The van der Waals surface area contributed by atoms with Crippen LogP contribution < -0.4 is 39.2 Å². The summed E-state index contributed by atoms with van der Waals surface area (Å²) < 4.78 is 71.5. The quantitative estimate of drug-likeness (QED) is 0.532. The summed E-state index contributed by atoms with van der Waals surface area (Å²) in [4.78, 5) is 14.3. The van der Waals surface area contributed by atoms with Gasteiger partial charge in [-0.15, -0.1) is 0 Å². The van der Waals surface area contributed by atoms with Crippen LogP contribution in [0.25, 0.3) is 4.72 Å². The maximum absolute atomic E-state index is 13.5. The molecule has 202 valence electrons. The molecule has 1 aromatic heterocycles. The molecule has 1 N–H and O–H groups in total. The first-order chi connectivity index (χ1) is 17.5. The van der Waals surface area contributed by atoms with Gasteiger partial charge < -0.3 is 10.0 Å². The van der Waals surface area contributed by atoms with Gasteiger partial charge in [0.05, 0.1) is 18.4 Å². The van der Waals surface area contributed by atoms with E-state index in [9.17, 15) is 26.4 Å². The van der Waals surface area contributed by atoms with E-state index in [0.717, 1.165) is 54.0 Å². The summed E-state index contributed by atoms with van der Waals surface area (Å²) in [6, 6.07) is 0.585. The molecular formula is C24H30F3N6NaO3S. The molecule has 1 fully saturated rings. The summed E-state index contributed by atoms with van der Waals surface area (Å²) in [5, 5.41) is 6.82. The third-order valence-corrected chi connectivity index (χ3v) is 8.79. The molecule has 1 aliphatic heterocycles. The molecule has 2 aliphatic carbocycles. The first-order valence-corrected chi connectivity index (χ1v) is 13.9. The number of hydrogen-bond acceptors (Lipinski definition) is 5. The minimum absolute atomic E-state index is 0. The van der Waals surface area contributed by atoms with Gasteiger partial charge in [-0.05, 0) is 79.3 Å². The number of halogens is 3. The number of aromatic nitrogens is 2. The summed E-state index contributed by atoms with van der Waals surface area (Å²) in [6.45, 7) is -0.895. The van der Waals surface area contributed by atoms with Crippen LogP contribution in [0.5, 0.6) is 0 Å². The number of carbonyl (C=O) groups is 1. The molecule has 5 rings (SSSR count). The Morgan fingerprint density at radius 2 is 1.74 bits per heavy atom. The number of carbonyl (C=O) groups excluding carboxylic acids is 1. The number of fused-ring (bicyclic) bond motifs is 2. The van der Waals surface area contributed by atoms with Crippen LogP contribution in [0.2, 0.25) is 0 Å². The van der Waals surface area contributed by atoms with Crippen LogP contribution >= 0.6 is 0 Å². The zero-order chi connectivity index (χ0) is 26.4. The second-order valence-electron chi connectivity index (χ2n) is 10.0. The Morgan fingerprint density at radius 3 is 2.26 bits per heavy atom. The fraction of sp³-hybridized carbons (Fsp3) is 0.583. The summed E-state index contributed by atoms with van der Waals surface area (Å²) >= 11 is 0. The molecule has 0 spiro atoms. The van der Waals surface area contributed by atoms with Gasteiger partial charge in [-0.1, -0.05) is 6.07 Å². The fourth-order valence-corrected chi connectivity index (χ4v) is 7.16. The van der Waals surface area contributed by atoms with E-state index in [1.54, 1.807) is 7.05 Å². The van der Waals surface area contributed by atoms with Crippen LogP contribution in [0.1, 0.15) is 47.9 Å². The van der Waals surface area contributed by atoms with Crippen LogP contribution in [0.15, 0.2) is 18.5 Å². The molecule has 3 aliphatic rings.